The van der Waals surface area contributed by atoms with Gasteiger partial charge in [0.2, 0.25) is 5.91 Å². The highest BCUT2D eigenvalue weighted by molar-refractivity contribution is 6.31. The molecule has 3 aromatic rings. The van der Waals surface area contributed by atoms with E-state index >= 15 is 0 Å². The van der Waals surface area contributed by atoms with Crippen LogP contribution in [-0.2, 0) is 11.3 Å². The molecule has 3 amide bonds. The molecule has 2 aromatic carbocycles. The Morgan fingerprint density at radius 2 is 1.70 bits per heavy atom. The molecule has 0 atom stereocenters. The molecule has 33 heavy (non-hydrogen) atoms. The number of benzene rings is 2. The normalized spacial score (nSPS) is 14.6. The van der Waals surface area contributed by atoms with Gasteiger partial charge in [-0.15, -0.1) is 0 Å². The quantitative estimate of drug-likeness (QED) is 0.493. The van der Waals surface area contributed by atoms with Crippen molar-refractivity contribution in [3.63, 3.8) is 0 Å². The molecule has 0 aliphatic carbocycles. The van der Waals surface area contributed by atoms with Gasteiger partial charge in [-0.3, -0.25) is 9.69 Å². The summed E-state index contributed by atoms with van der Waals surface area (Å²) in [6.45, 7) is 2.25. The van der Waals surface area contributed by atoms with Gasteiger partial charge in [-0.05, 0) is 36.6 Å². The van der Waals surface area contributed by atoms with Crippen LogP contribution in [0.2, 0.25) is 5.02 Å². The van der Waals surface area contributed by atoms with Crippen molar-refractivity contribution in [3.05, 3.63) is 77.4 Å². The first kappa shape index (κ1) is 22.8. The van der Waals surface area contributed by atoms with Crippen molar-refractivity contribution in [2.75, 3.05) is 30.3 Å². The van der Waals surface area contributed by atoms with Crippen molar-refractivity contribution in [2.24, 2.45) is 0 Å². The zero-order valence-electron chi connectivity index (χ0n) is 18.2. The summed E-state index contributed by atoms with van der Waals surface area (Å²) in [5.41, 5.74) is 1.70. The molecule has 1 saturated heterocycles. The van der Waals surface area contributed by atoms with Crippen molar-refractivity contribution < 1.29 is 9.59 Å². The number of likely N-dealkylation sites (tertiary alicyclic amines) is 1. The van der Waals surface area contributed by atoms with E-state index in [1.807, 2.05) is 54.6 Å². The van der Waals surface area contributed by atoms with Gasteiger partial charge >= 0.3 is 6.03 Å². The second-order valence-corrected chi connectivity index (χ2v) is 8.44. The number of carbonyl (C=O) groups excluding carboxylic acids is 2. The minimum Gasteiger partial charge on any atom is -0.335 e. The number of rotatable bonds is 7. The summed E-state index contributed by atoms with van der Waals surface area (Å²) >= 11 is 6.25. The summed E-state index contributed by atoms with van der Waals surface area (Å²) in [5.74, 6) is 0.540. The standard InChI is InChI=1S/C24H27ClN6O2/c25-21-9-5-4-6-18(21)16-31-22(10-13-26-31)29-23(32)17-30-14-11-20(12-15-30)28-24(33)27-19-7-2-1-3-8-19/h1-10,13,20H,11-12,14-17H2,(H,29,32)(H2,27,28,33). The van der Waals surface area contributed by atoms with Crippen LogP contribution in [0.25, 0.3) is 0 Å². The van der Waals surface area contributed by atoms with Crippen LogP contribution in [0.15, 0.2) is 66.9 Å². The van der Waals surface area contributed by atoms with E-state index in [0.717, 1.165) is 37.2 Å². The van der Waals surface area contributed by atoms with E-state index < -0.39 is 0 Å². The number of nitrogens with one attached hydrogen (secondary N) is 3. The van der Waals surface area contributed by atoms with E-state index in [-0.39, 0.29) is 18.0 Å². The predicted octanol–water partition coefficient (Wildman–Crippen LogP) is 3.81. The van der Waals surface area contributed by atoms with Crippen LogP contribution in [0.3, 0.4) is 0 Å². The minimum atomic E-state index is -0.204. The van der Waals surface area contributed by atoms with E-state index in [4.69, 9.17) is 11.6 Å². The molecule has 9 heteroatoms. The van der Waals surface area contributed by atoms with E-state index in [1.54, 1.807) is 16.9 Å². The molecule has 0 spiro atoms. The van der Waals surface area contributed by atoms with Gasteiger partial charge in [-0.1, -0.05) is 48.0 Å². The third kappa shape index (κ3) is 6.57. The van der Waals surface area contributed by atoms with E-state index in [0.29, 0.717) is 23.9 Å². The molecule has 1 aromatic heterocycles. The van der Waals surface area contributed by atoms with Gasteiger partial charge in [0, 0.05) is 35.9 Å². The Bertz CT molecular complexity index is 1080. The van der Waals surface area contributed by atoms with E-state index in [9.17, 15) is 9.59 Å². The molecular weight excluding hydrogens is 440 g/mol. The Hall–Kier alpha value is -3.36. The lowest BCUT2D eigenvalue weighted by atomic mass is 10.1. The van der Waals surface area contributed by atoms with Crippen LogP contribution < -0.4 is 16.0 Å². The maximum atomic E-state index is 12.6. The Labute approximate surface area is 197 Å². The van der Waals surface area contributed by atoms with Gasteiger partial charge in [-0.2, -0.15) is 5.10 Å². The molecule has 4 rings (SSSR count). The van der Waals surface area contributed by atoms with Crippen molar-refractivity contribution in [2.45, 2.75) is 25.4 Å². The maximum absolute atomic E-state index is 12.6. The number of hydrogen-bond donors (Lipinski definition) is 3. The molecular formula is C24H27ClN6O2. The monoisotopic (exact) mass is 466 g/mol. The number of piperidine rings is 1. The Kier molecular flexibility index (Phi) is 7.59. The molecule has 0 unspecified atom stereocenters. The fourth-order valence-corrected chi connectivity index (χ4v) is 4.04. The summed E-state index contributed by atoms with van der Waals surface area (Å²) in [6, 6.07) is 18.6. The van der Waals surface area contributed by atoms with Gasteiger partial charge in [0.25, 0.3) is 0 Å². The lowest BCUT2D eigenvalue weighted by Gasteiger charge is -2.31. The van der Waals surface area contributed by atoms with Crippen LogP contribution in [0, 0.1) is 0 Å². The number of halogens is 1. The Balaban J connectivity index is 1.21. The zero-order valence-corrected chi connectivity index (χ0v) is 19.0. The topological polar surface area (TPSA) is 91.3 Å². The molecule has 3 N–H and O–H groups in total. The largest absolute Gasteiger partial charge is 0.335 e. The van der Waals surface area contributed by atoms with Crippen molar-refractivity contribution >= 4 is 35.0 Å². The number of anilines is 2. The Morgan fingerprint density at radius 1 is 0.970 bits per heavy atom. The number of amides is 3. The molecule has 1 aliphatic heterocycles. The predicted molar refractivity (Wildman–Crippen MR) is 129 cm³/mol. The molecule has 1 aliphatic rings. The van der Waals surface area contributed by atoms with Crippen LogP contribution in [0.5, 0.6) is 0 Å². The van der Waals surface area contributed by atoms with Crippen LogP contribution >= 0.6 is 11.6 Å². The maximum Gasteiger partial charge on any atom is 0.319 e. The van der Waals surface area contributed by atoms with Gasteiger partial charge in [0.15, 0.2) is 0 Å². The van der Waals surface area contributed by atoms with Crippen molar-refractivity contribution in [1.29, 1.82) is 0 Å². The lowest BCUT2D eigenvalue weighted by molar-refractivity contribution is -0.117. The lowest BCUT2D eigenvalue weighted by Crippen LogP contribution is -2.47. The molecule has 2 heterocycles. The number of aromatic nitrogens is 2. The molecule has 0 bridgehead atoms. The van der Waals surface area contributed by atoms with E-state index in [1.165, 1.54) is 0 Å². The molecule has 0 radical (unpaired) electrons. The zero-order chi connectivity index (χ0) is 23.0. The van der Waals surface area contributed by atoms with Gasteiger partial charge < -0.3 is 16.0 Å². The second kappa shape index (κ2) is 11.0. The van der Waals surface area contributed by atoms with Crippen molar-refractivity contribution in [3.8, 4) is 0 Å². The molecule has 8 nitrogen and oxygen atoms in total. The first-order valence-corrected chi connectivity index (χ1v) is 11.3. The molecule has 0 saturated carbocycles. The summed E-state index contributed by atoms with van der Waals surface area (Å²) in [5, 5.41) is 13.8. The number of hydrogen-bond acceptors (Lipinski definition) is 4. The average Bonchev–Trinajstić information content (AvgIpc) is 3.23. The first-order chi connectivity index (χ1) is 16.1. The van der Waals surface area contributed by atoms with Crippen molar-refractivity contribution in [1.82, 2.24) is 20.0 Å². The highest BCUT2D eigenvalue weighted by Crippen LogP contribution is 2.18. The minimum absolute atomic E-state index is 0.0880. The van der Waals surface area contributed by atoms with Gasteiger partial charge in [0.05, 0.1) is 19.3 Å². The molecule has 172 valence electrons. The number of nitrogens with zero attached hydrogens (tertiary/aromatic N) is 3. The number of carbonyl (C=O) groups is 2. The van der Waals surface area contributed by atoms with Crippen LogP contribution in [-0.4, -0.2) is 52.3 Å². The fraction of sp³-hybridized carbons (Fsp3) is 0.292. The smallest absolute Gasteiger partial charge is 0.319 e. The summed E-state index contributed by atoms with van der Waals surface area (Å²) in [6.07, 6.45) is 3.24. The third-order valence-corrected chi connectivity index (χ3v) is 5.95. The first-order valence-electron chi connectivity index (χ1n) is 11.0. The fourth-order valence-electron chi connectivity index (χ4n) is 3.85. The number of para-hydroxylation sites is 1. The number of urea groups is 1. The summed E-state index contributed by atoms with van der Waals surface area (Å²) in [4.78, 5) is 26.9. The van der Waals surface area contributed by atoms with Gasteiger partial charge in [0.1, 0.15) is 5.82 Å². The highest BCUT2D eigenvalue weighted by Gasteiger charge is 2.22. The highest BCUT2D eigenvalue weighted by atomic mass is 35.5. The molecule has 1 fully saturated rings. The van der Waals surface area contributed by atoms with E-state index in [2.05, 4.69) is 25.9 Å². The SMILES string of the molecule is O=C(CN1CCC(NC(=O)Nc2ccccc2)CC1)Nc1ccnn1Cc1ccccc1Cl. The summed E-state index contributed by atoms with van der Waals surface area (Å²) in [7, 11) is 0. The van der Waals surface area contributed by atoms with Crippen LogP contribution in [0.1, 0.15) is 18.4 Å². The summed E-state index contributed by atoms with van der Waals surface area (Å²) < 4.78 is 1.72. The van der Waals surface area contributed by atoms with Crippen LogP contribution in [0.4, 0.5) is 16.3 Å². The second-order valence-electron chi connectivity index (χ2n) is 8.03. The average molecular weight is 467 g/mol. The third-order valence-electron chi connectivity index (χ3n) is 5.58. The van der Waals surface area contributed by atoms with Gasteiger partial charge in [-0.25, -0.2) is 9.48 Å². The Morgan fingerprint density at radius 3 is 2.45 bits per heavy atom.